The third-order valence-electron chi connectivity index (χ3n) is 2.52. The Kier molecular flexibility index (Phi) is 3.66. The van der Waals surface area contributed by atoms with E-state index in [0.29, 0.717) is 13.1 Å². The van der Waals surface area contributed by atoms with Crippen molar-refractivity contribution in [3.8, 4) is 0 Å². The van der Waals surface area contributed by atoms with Gasteiger partial charge in [0.15, 0.2) is 0 Å². The average molecular weight is 304 g/mol. The van der Waals surface area contributed by atoms with Crippen LogP contribution in [0, 0.1) is 0 Å². The Morgan fingerprint density at radius 2 is 2.12 bits per heavy atom. The summed E-state index contributed by atoms with van der Waals surface area (Å²) in [6.07, 6.45) is 0.240. The molecule has 0 saturated carbocycles. The molecule has 0 radical (unpaired) electrons. The zero-order valence-electron chi connectivity index (χ0n) is 9.27. The maximum absolute atomic E-state index is 12.2. The average Bonchev–Trinajstić information content (AvgIpc) is 2.62. The SMILES string of the molecule is CC1CN(C(=O)c2csc(Br)c2)CC(C)O1. The van der Waals surface area contributed by atoms with Crippen molar-refractivity contribution in [1.82, 2.24) is 4.90 Å². The first kappa shape index (κ1) is 12.1. The van der Waals surface area contributed by atoms with Crippen LogP contribution in [0.1, 0.15) is 24.2 Å². The fourth-order valence-electron chi connectivity index (χ4n) is 1.95. The number of amides is 1. The minimum absolute atomic E-state index is 0.101. The highest BCUT2D eigenvalue weighted by Crippen LogP contribution is 2.23. The fourth-order valence-corrected chi connectivity index (χ4v) is 3.08. The van der Waals surface area contributed by atoms with Gasteiger partial charge < -0.3 is 9.64 Å². The largest absolute Gasteiger partial charge is 0.372 e. The summed E-state index contributed by atoms with van der Waals surface area (Å²) in [4.78, 5) is 14.0. The molecule has 0 spiro atoms. The van der Waals surface area contributed by atoms with Gasteiger partial charge in [-0.15, -0.1) is 11.3 Å². The maximum Gasteiger partial charge on any atom is 0.254 e. The van der Waals surface area contributed by atoms with Gasteiger partial charge in [0.2, 0.25) is 0 Å². The number of halogens is 1. The van der Waals surface area contributed by atoms with E-state index in [9.17, 15) is 4.79 Å². The highest BCUT2D eigenvalue weighted by molar-refractivity contribution is 9.11. The molecule has 0 N–H and O–H groups in total. The van der Waals surface area contributed by atoms with E-state index in [0.717, 1.165) is 9.35 Å². The lowest BCUT2D eigenvalue weighted by molar-refractivity contribution is -0.0586. The summed E-state index contributed by atoms with van der Waals surface area (Å²) in [7, 11) is 0. The fraction of sp³-hybridized carbons (Fsp3) is 0.545. The molecule has 0 aromatic carbocycles. The minimum atomic E-state index is 0.101. The van der Waals surface area contributed by atoms with Crippen LogP contribution in [-0.4, -0.2) is 36.1 Å². The van der Waals surface area contributed by atoms with E-state index in [4.69, 9.17) is 4.74 Å². The molecule has 1 aromatic rings. The first-order valence-corrected chi connectivity index (χ1v) is 6.92. The standard InChI is InChI=1S/C11H14BrNO2S/c1-7-4-13(5-8(2)15-7)11(14)9-3-10(12)16-6-9/h3,6-8H,4-5H2,1-2H3. The second kappa shape index (κ2) is 4.85. The molecule has 2 rings (SSSR count). The Labute approximate surface area is 108 Å². The van der Waals surface area contributed by atoms with Crippen LogP contribution in [0.3, 0.4) is 0 Å². The molecular weight excluding hydrogens is 290 g/mol. The van der Waals surface area contributed by atoms with Gasteiger partial charge >= 0.3 is 0 Å². The number of thiophene rings is 1. The molecule has 5 heteroatoms. The van der Waals surface area contributed by atoms with Crippen molar-refractivity contribution in [2.24, 2.45) is 0 Å². The van der Waals surface area contributed by atoms with Gasteiger partial charge in [0, 0.05) is 18.5 Å². The molecule has 1 fully saturated rings. The van der Waals surface area contributed by atoms with Gasteiger partial charge in [-0.3, -0.25) is 4.79 Å². The molecule has 1 aromatic heterocycles. The summed E-state index contributed by atoms with van der Waals surface area (Å²) in [5.41, 5.74) is 0.762. The van der Waals surface area contributed by atoms with Crippen LogP contribution in [0.5, 0.6) is 0 Å². The monoisotopic (exact) mass is 303 g/mol. The van der Waals surface area contributed by atoms with Crippen molar-refractivity contribution in [2.75, 3.05) is 13.1 Å². The number of nitrogens with zero attached hydrogens (tertiary/aromatic N) is 1. The molecule has 0 aliphatic carbocycles. The van der Waals surface area contributed by atoms with Crippen molar-refractivity contribution < 1.29 is 9.53 Å². The third-order valence-corrected chi connectivity index (χ3v) is 4.03. The number of hydrogen-bond donors (Lipinski definition) is 0. The van der Waals surface area contributed by atoms with Gasteiger partial charge in [0.05, 0.1) is 21.6 Å². The van der Waals surface area contributed by atoms with Crippen LogP contribution in [0.15, 0.2) is 15.2 Å². The zero-order valence-corrected chi connectivity index (χ0v) is 11.7. The topological polar surface area (TPSA) is 29.5 Å². The van der Waals surface area contributed by atoms with Crippen LogP contribution in [0.2, 0.25) is 0 Å². The van der Waals surface area contributed by atoms with Crippen molar-refractivity contribution in [3.05, 3.63) is 20.8 Å². The lowest BCUT2D eigenvalue weighted by Crippen LogP contribution is -2.48. The van der Waals surface area contributed by atoms with E-state index in [2.05, 4.69) is 15.9 Å². The van der Waals surface area contributed by atoms with E-state index in [1.807, 2.05) is 30.2 Å². The predicted octanol–water partition coefficient (Wildman–Crippen LogP) is 2.76. The number of carbonyl (C=O) groups excluding carboxylic acids is 1. The normalized spacial score (nSPS) is 25.8. The van der Waals surface area contributed by atoms with E-state index in [1.165, 1.54) is 11.3 Å². The van der Waals surface area contributed by atoms with Crippen LogP contribution < -0.4 is 0 Å². The smallest absolute Gasteiger partial charge is 0.254 e. The van der Waals surface area contributed by atoms with Gasteiger partial charge in [0.1, 0.15) is 0 Å². The Morgan fingerprint density at radius 3 is 2.62 bits per heavy atom. The zero-order chi connectivity index (χ0) is 11.7. The highest BCUT2D eigenvalue weighted by atomic mass is 79.9. The second-order valence-corrected chi connectivity index (χ2v) is 6.40. The quantitative estimate of drug-likeness (QED) is 0.798. The number of morpholine rings is 1. The Balaban J connectivity index is 2.09. The van der Waals surface area contributed by atoms with Crippen molar-refractivity contribution in [3.63, 3.8) is 0 Å². The van der Waals surface area contributed by atoms with Crippen LogP contribution in [0.25, 0.3) is 0 Å². The summed E-state index contributed by atoms with van der Waals surface area (Å²) < 4.78 is 6.60. The highest BCUT2D eigenvalue weighted by Gasteiger charge is 2.26. The number of rotatable bonds is 1. The molecule has 16 heavy (non-hydrogen) atoms. The Morgan fingerprint density at radius 1 is 1.50 bits per heavy atom. The molecule has 2 heterocycles. The summed E-state index contributed by atoms with van der Waals surface area (Å²) in [5, 5.41) is 1.89. The van der Waals surface area contributed by atoms with Gasteiger partial charge in [-0.25, -0.2) is 0 Å². The lowest BCUT2D eigenvalue weighted by atomic mass is 10.2. The molecule has 1 aliphatic rings. The van der Waals surface area contributed by atoms with Crippen LogP contribution in [-0.2, 0) is 4.74 Å². The second-order valence-electron chi connectivity index (χ2n) is 4.11. The Bertz CT molecular complexity index is 383. The molecule has 0 bridgehead atoms. The van der Waals surface area contributed by atoms with E-state index >= 15 is 0 Å². The first-order chi connectivity index (χ1) is 7.56. The van der Waals surface area contributed by atoms with Gasteiger partial charge in [-0.05, 0) is 35.8 Å². The Hall–Kier alpha value is -0.390. The van der Waals surface area contributed by atoms with Crippen molar-refractivity contribution in [2.45, 2.75) is 26.1 Å². The summed E-state index contributed by atoms with van der Waals surface area (Å²) >= 11 is 4.91. The van der Waals surface area contributed by atoms with E-state index < -0.39 is 0 Å². The summed E-state index contributed by atoms with van der Waals surface area (Å²) in [6, 6.07) is 1.87. The summed E-state index contributed by atoms with van der Waals surface area (Å²) in [5.74, 6) is 0.101. The molecule has 1 saturated heterocycles. The maximum atomic E-state index is 12.2. The number of ether oxygens (including phenoxy) is 1. The molecule has 2 atom stereocenters. The molecule has 88 valence electrons. The van der Waals surface area contributed by atoms with Crippen molar-refractivity contribution >= 4 is 33.2 Å². The molecule has 2 unspecified atom stereocenters. The van der Waals surface area contributed by atoms with Gasteiger partial charge in [-0.1, -0.05) is 0 Å². The van der Waals surface area contributed by atoms with E-state index in [1.54, 1.807) is 0 Å². The van der Waals surface area contributed by atoms with Crippen LogP contribution in [0.4, 0.5) is 0 Å². The molecular formula is C11H14BrNO2S. The van der Waals surface area contributed by atoms with Crippen molar-refractivity contribution in [1.29, 1.82) is 0 Å². The van der Waals surface area contributed by atoms with E-state index in [-0.39, 0.29) is 18.1 Å². The molecule has 1 aliphatic heterocycles. The number of hydrogen-bond acceptors (Lipinski definition) is 3. The van der Waals surface area contributed by atoms with Gasteiger partial charge in [0.25, 0.3) is 5.91 Å². The predicted molar refractivity (Wildman–Crippen MR) is 67.9 cm³/mol. The minimum Gasteiger partial charge on any atom is -0.372 e. The molecule has 3 nitrogen and oxygen atoms in total. The third kappa shape index (κ3) is 2.64. The molecule has 1 amide bonds. The first-order valence-electron chi connectivity index (χ1n) is 5.25. The summed E-state index contributed by atoms with van der Waals surface area (Å²) in [6.45, 7) is 5.35. The van der Waals surface area contributed by atoms with Crippen LogP contribution >= 0.6 is 27.3 Å². The number of carbonyl (C=O) groups is 1. The van der Waals surface area contributed by atoms with Gasteiger partial charge in [-0.2, -0.15) is 0 Å². The lowest BCUT2D eigenvalue weighted by Gasteiger charge is -2.35.